The SMILES string of the molecule is N#Cc1ccc2c(-c3ccccc3)c(-c3ccccc3)c3ccc(-c4ccc(-c5ccc6c(-c7ccccc7)c7ccccc7c(-c7ccccc7)c6c5)cc4)nc3c2n1. The first-order chi connectivity index (χ1) is 29.7. The van der Waals surface area contributed by atoms with Crippen LogP contribution in [0.5, 0.6) is 0 Å². The standard InChI is InChI=1S/C57H35N3/c58-36-44-30-32-48-54(41-19-9-3-10-20-41)55(42-21-11-4-12-22-42)49-33-34-51(60-57(49)56(48)59-44)38-27-25-37(26-28-38)43-29-31-47-50(35-43)53(40-17-7-2-8-18-40)46-24-14-13-23-45(46)52(47)39-15-5-1-6-16-39/h1-35H. The van der Waals surface area contributed by atoms with E-state index in [0.29, 0.717) is 11.2 Å². The topological polar surface area (TPSA) is 49.6 Å². The molecular formula is C57H35N3. The molecule has 0 radical (unpaired) electrons. The molecule has 60 heavy (non-hydrogen) atoms. The Hall–Kier alpha value is -8.19. The van der Waals surface area contributed by atoms with Crippen molar-refractivity contribution in [3.8, 4) is 73.0 Å². The first-order valence-electron chi connectivity index (χ1n) is 20.2. The van der Waals surface area contributed by atoms with Crippen LogP contribution in [0, 0.1) is 11.3 Å². The zero-order chi connectivity index (χ0) is 40.0. The number of hydrogen-bond donors (Lipinski definition) is 0. The fourth-order valence-electron chi connectivity index (χ4n) is 9.01. The van der Waals surface area contributed by atoms with Crippen LogP contribution in [0.25, 0.3) is 110 Å². The molecule has 3 heteroatoms. The Bertz CT molecular complexity index is 3450. The van der Waals surface area contributed by atoms with Crippen molar-refractivity contribution >= 4 is 43.4 Å². The molecular weight excluding hydrogens is 727 g/mol. The number of hydrogen-bond acceptors (Lipinski definition) is 3. The van der Waals surface area contributed by atoms with Gasteiger partial charge in [0.1, 0.15) is 11.8 Å². The van der Waals surface area contributed by atoms with Crippen LogP contribution in [-0.2, 0) is 0 Å². The van der Waals surface area contributed by atoms with Crippen LogP contribution >= 0.6 is 0 Å². The number of pyridine rings is 2. The molecule has 2 aromatic heterocycles. The molecule has 0 aliphatic rings. The molecule has 2 heterocycles. The lowest BCUT2D eigenvalue weighted by Gasteiger charge is -2.19. The highest BCUT2D eigenvalue weighted by Crippen LogP contribution is 2.46. The van der Waals surface area contributed by atoms with E-state index >= 15 is 0 Å². The molecule has 0 N–H and O–H groups in total. The summed E-state index contributed by atoms with van der Waals surface area (Å²) in [5.74, 6) is 0. The van der Waals surface area contributed by atoms with Crippen LogP contribution in [-0.4, -0.2) is 9.97 Å². The van der Waals surface area contributed by atoms with Crippen LogP contribution in [0.2, 0.25) is 0 Å². The van der Waals surface area contributed by atoms with Crippen LogP contribution in [0.3, 0.4) is 0 Å². The third-order valence-electron chi connectivity index (χ3n) is 11.7. The molecule has 3 nitrogen and oxygen atoms in total. The highest BCUT2D eigenvalue weighted by molar-refractivity contribution is 6.22. The maximum Gasteiger partial charge on any atom is 0.141 e. The molecule has 0 unspecified atom stereocenters. The van der Waals surface area contributed by atoms with Gasteiger partial charge >= 0.3 is 0 Å². The smallest absolute Gasteiger partial charge is 0.141 e. The molecule has 9 aromatic carbocycles. The summed E-state index contributed by atoms with van der Waals surface area (Å²) in [5, 5.41) is 16.8. The lowest BCUT2D eigenvalue weighted by molar-refractivity contribution is 1.32. The first kappa shape index (κ1) is 35.0. The maximum atomic E-state index is 9.95. The minimum Gasteiger partial charge on any atom is -0.245 e. The van der Waals surface area contributed by atoms with Crippen molar-refractivity contribution in [2.75, 3.05) is 0 Å². The second kappa shape index (κ2) is 14.6. The van der Waals surface area contributed by atoms with E-state index in [1.165, 1.54) is 43.8 Å². The van der Waals surface area contributed by atoms with Gasteiger partial charge in [-0.25, -0.2) is 9.97 Å². The summed E-state index contributed by atoms with van der Waals surface area (Å²) in [6, 6.07) is 77.2. The summed E-state index contributed by atoms with van der Waals surface area (Å²) in [6.07, 6.45) is 0. The second-order valence-corrected chi connectivity index (χ2v) is 15.1. The van der Waals surface area contributed by atoms with Crippen molar-refractivity contribution in [3.05, 3.63) is 218 Å². The normalized spacial score (nSPS) is 11.3. The molecule has 0 spiro atoms. The molecule has 11 rings (SSSR count). The second-order valence-electron chi connectivity index (χ2n) is 15.1. The predicted molar refractivity (Wildman–Crippen MR) is 249 cm³/mol. The molecule has 0 saturated carbocycles. The van der Waals surface area contributed by atoms with Crippen LogP contribution in [0.1, 0.15) is 5.69 Å². The van der Waals surface area contributed by atoms with Crippen LogP contribution in [0.15, 0.2) is 212 Å². The minimum absolute atomic E-state index is 0.363. The van der Waals surface area contributed by atoms with E-state index in [9.17, 15) is 5.26 Å². The molecule has 0 fully saturated rings. The van der Waals surface area contributed by atoms with Gasteiger partial charge in [-0.3, -0.25) is 0 Å². The highest BCUT2D eigenvalue weighted by atomic mass is 14.8. The highest BCUT2D eigenvalue weighted by Gasteiger charge is 2.21. The van der Waals surface area contributed by atoms with Crippen molar-refractivity contribution in [2.45, 2.75) is 0 Å². The molecule has 0 atom stereocenters. The molecule has 0 bridgehead atoms. The Labute approximate surface area is 348 Å². The first-order valence-corrected chi connectivity index (χ1v) is 20.2. The van der Waals surface area contributed by atoms with Crippen molar-refractivity contribution in [1.29, 1.82) is 5.26 Å². The fraction of sp³-hybridized carbons (Fsp3) is 0. The molecule has 0 aliphatic carbocycles. The van der Waals surface area contributed by atoms with Crippen molar-refractivity contribution in [2.24, 2.45) is 0 Å². The lowest BCUT2D eigenvalue weighted by Crippen LogP contribution is -1.97. The van der Waals surface area contributed by atoms with E-state index in [1.807, 2.05) is 18.2 Å². The van der Waals surface area contributed by atoms with E-state index in [0.717, 1.165) is 60.9 Å². The van der Waals surface area contributed by atoms with Gasteiger partial charge in [-0.1, -0.05) is 182 Å². The average molecular weight is 762 g/mol. The Balaban J connectivity index is 1.08. The van der Waals surface area contributed by atoms with E-state index in [-0.39, 0.29) is 0 Å². The fourth-order valence-corrected chi connectivity index (χ4v) is 9.01. The maximum absolute atomic E-state index is 9.95. The van der Waals surface area contributed by atoms with Gasteiger partial charge in [0.15, 0.2) is 0 Å². The summed E-state index contributed by atoms with van der Waals surface area (Å²) >= 11 is 0. The number of nitrogens with zero attached hydrogens (tertiary/aromatic N) is 3. The summed E-state index contributed by atoms with van der Waals surface area (Å²) in [7, 11) is 0. The van der Waals surface area contributed by atoms with Gasteiger partial charge in [-0.05, 0) is 108 Å². The zero-order valence-electron chi connectivity index (χ0n) is 32.5. The quantitative estimate of drug-likeness (QED) is 0.125. The summed E-state index contributed by atoms with van der Waals surface area (Å²) in [4.78, 5) is 10.3. The predicted octanol–water partition coefficient (Wildman–Crippen LogP) is 15.0. The monoisotopic (exact) mass is 761 g/mol. The van der Waals surface area contributed by atoms with Gasteiger partial charge in [0.2, 0.25) is 0 Å². The van der Waals surface area contributed by atoms with Crippen LogP contribution in [0.4, 0.5) is 0 Å². The average Bonchev–Trinajstić information content (AvgIpc) is 3.33. The van der Waals surface area contributed by atoms with Gasteiger partial charge in [0, 0.05) is 16.3 Å². The van der Waals surface area contributed by atoms with E-state index in [4.69, 9.17) is 9.97 Å². The van der Waals surface area contributed by atoms with Crippen LogP contribution < -0.4 is 0 Å². The number of fused-ring (bicyclic) bond motifs is 5. The summed E-state index contributed by atoms with van der Waals surface area (Å²) in [5.41, 5.74) is 15.2. The molecule has 11 aromatic rings. The number of benzene rings is 9. The Morgan fingerprint density at radius 2 is 0.683 bits per heavy atom. The van der Waals surface area contributed by atoms with Gasteiger partial charge in [-0.2, -0.15) is 5.26 Å². The number of rotatable bonds is 6. The van der Waals surface area contributed by atoms with Gasteiger partial charge < -0.3 is 0 Å². The van der Waals surface area contributed by atoms with Gasteiger partial charge in [0.25, 0.3) is 0 Å². The van der Waals surface area contributed by atoms with E-state index in [1.54, 1.807) is 6.07 Å². The third kappa shape index (κ3) is 5.90. The van der Waals surface area contributed by atoms with E-state index < -0.39 is 0 Å². The zero-order valence-corrected chi connectivity index (χ0v) is 32.5. The van der Waals surface area contributed by atoms with Crippen molar-refractivity contribution < 1.29 is 0 Å². The summed E-state index contributed by atoms with van der Waals surface area (Å²) in [6.45, 7) is 0. The summed E-state index contributed by atoms with van der Waals surface area (Å²) < 4.78 is 0. The molecule has 0 amide bonds. The molecule has 278 valence electrons. The Kier molecular flexibility index (Phi) is 8.54. The van der Waals surface area contributed by atoms with Crippen molar-refractivity contribution in [3.63, 3.8) is 0 Å². The largest absolute Gasteiger partial charge is 0.245 e. The number of aromatic nitrogens is 2. The minimum atomic E-state index is 0.363. The van der Waals surface area contributed by atoms with Gasteiger partial charge in [-0.15, -0.1) is 0 Å². The van der Waals surface area contributed by atoms with E-state index in [2.05, 4.69) is 194 Å². The molecule has 0 aliphatic heterocycles. The van der Waals surface area contributed by atoms with Gasteiger partial charge in [0.05, 0.1) is 16.7 Å². The third-order valence-corrected chi connectivity index (χ3v) is 11.7. The molecule has 0 saturated heterocycles. The number of nitriles is 1. The lowest BCUT2D eigenvalue weighted by atomic mass is 9.85. The van der Waals surface area contributed by atoms with Crippen molar-refractivity contribution in [1.82, 2.24) is 9.97 Å². The Morgan fingerprint density at radius 1 is 0.283 bits per heavy atom. The Morgan fingerprint density at radius 3 is 1.22 bits per heavy atom.